The van der Waals surface area contributed by atoms with Crippen LogP contribution >= 0.6 is 11.3 Å². The molecule has 21 heavy (non-hydrogen) atoms. The molecule has 0 saturated carbocycles. The van der Waals surface area contributed by atoms with Gasteiger partial charge in [-0.25, -0.2) is 4.98 Å². The summed E-state index contributed by atoms with van der Waals surface area (Å²) in [6, 6.07) is 6.16. The van der Waals surface area contributed by atoms with Gasteiger partial charge in [-0.1, -0.05) is 6.07 Å². The number of aromatic nitrogens is 1. The van der Waals surface area contributed by atoms with Gasteiger partial charge in [0.25, 0.3) is 0 Å². The van der Waals surface area contributed by atoms with E-state index in [1.807, 2.05) is 25.5 Å². The highest BCUT2D eigenvalue weighted by Gasteiger charge is 2.07. The molecule has 5 nitrogen and oxygen atoms in total. The van der Waals surface area contributed by atoms with E-state index in [9.17, 15) is 4.79 Å². The zero-order valence-electron chi connectivity index (χ0n) is 12.4. The van der Waals surface area contributed by atoms with Crippen LogP contribution in [-0.4, -0.2) is 30.2 Å². The molecule has 0 radical (unpaired) electrons. The van der Waals surface area contributed by atoms with Crippen LogP contribution in [0.15, 0.2) is 23.6 Å². The Hall–Kier alpha value is -2.08. The van der Waals surface area contributed by atoms with Gasteiger partial charge in [0.15, 0.2) is 5.13 Å². The van der Waals surface area contributed by atoms with Gasteiger partial charge >= 0.3 is 5.97 Å². The van der Waals surface area contributed by atoms with Gasteiger partial charge in [0.1, 0.15) is 0 Å². The molecule has 0 aliphatic heterocycles. The Labute approximate surface area is 128 Å². The summed E-state index contributed by atoms with van der Waals surface area (Å²) in [5.74, 6) is -0.799. The van der Waals surface area contributed by atoms with Crippen molar-refractivity contribution in [3.05, 3.63) is 34.8 Å². The van der Waals surface area contributed by atoms with Gasteiger partial charge in [-0.2, -0.15) is 0 Å². The Bertz CT molecular complexity index is 638. The highest BCUT2D eigenvalue weighted by molar-refractivity contribution is 7.13. The summed E-state index contributed by atoms with van der Waals surface area (Å²) < 4.78 is 0. The van der Waals surface area contributed by atoms with Crippen LogP contribution in [0.3, 0.4) is 0 Å². The highest BCUT2D eigenvalue weighted by atomic mass is 32.1. The van der Waals surface area contributed by atoms with Crippen molar-refractivity contribution in [1.82, 2.24) is 4.98 Å². The fraction of sp³-hybridized carbons (Fsp3) is 0.333. The standard InChI is InChI=1S/C15H19N3O2S/c1-10-4-5-11(8-13(10)18(2)3)16-15-17-12(9-21-15)6-7-14(19)20/h4-5,8-9H,6-7H2,1-3H3,(H,16,17)(H,19,20). The molecule has 1 heterocycles. The predicted molar refractivity (Wildman–Crippen MR) is 86.9 cm³/mol. The lowest BCUT2D eigenvalue weighted by Crippen LogP contribution is -2.10. The smallest absolute Gasteiger partial charge is 0.303 e. The van der Waals surface area contributed by atoms with Gasteiger partial charge < -0.3 is 15.3 Å². The van der Waals surface area contributed by atoms with Crippen molar-refractivity contribution in [1.29, 1.82) is 0 Å². The number of hydrogen-bond donors (Lipinski definition) is 2. The van der Waals surface area contributed by atoms with Gasteiger partial charge in [-0.3, -0.25) is 4.79 Å². The molecule has 6 heteroatoms. The Kier molecular flexibility index (Phi) is 4.80. The van der Waals surface area contributed by atoms with Crippen LogP contribution in [0.25, 0.3) is 0 Å². The van der Waals surface area contributed by atoms with Gasteiger partial charge in [-0.05, 0) is 24.6 Å². The van der Waals surface area contributed by atoms with Gasteiger partial charge in [0.2, 0.25) is 0 Å². The van der Waals surface area contributed by atoms with E-state index < -0.39 is 5.97 Å². The number of benzene rings is 1. The molecular weight excluding hydrogens is 286 g/mol. The van der Waals surface area contributed by atoms with Crippen molar-refractivity contribution in [3.8, 4) is 0 Å². The molecule has 0 atom stereocenters. The van der Waals surface area contributed by atoms with E-state index in [1.54, 1.807) is 0 Å². The van der Waals surface area contributed by atoms with Crippen molar-refractivity contribution >= 4 is 33.8 Å². The second kappa shape index (κ2) is 6.58. The van der Waals surface area contributed by atoms with Crippen molar-refractivity contribution < 1.29 is 9.90 Å². The summed E-state index contributed by atoms with van der Waals surface area (Å²) in [5.41, 5.74) is 4.16. The number of hydrogen-bond acceptors (Lipinski definition) is 5. The molecule has 1 aromatic carbocycles. The topological polar surface area (TPSA) is 65.5 Å². The van der Waals surface area contributed by atoms with Crippen molar-refractivity contribution in [3.63, 3.8) is 0 Å². The normalized spacial score (nSPS) is 10.4. The number of carboxylic acids is 1. The second-order valence-electron chi connectivity index (χ2n) is 5.06. The summed E-state index contributed by atoms with van der Waals surface area (Å²) in [7, 11) is 4.03. The number of nitrogens with zero attached hydrogens (tertiary/aromatic N) is 2. The number of carbonyl (C=O) groups is 1. The van der Waals surface area contributed by atoms with Gasteiger partial charge in [0, 0.05) is 37.3 Å². The first kappa shape index (κ1) is 15.3. The molecule has 0 saturated heterocycles. The number of carboxylic acid groups (broad SMARTS) is 1. The highest BCUT2D eigenvalue weighted by Crippen LogP contribution is 2.26. The quantitative estimate of drug-likeness (QED) is 0.857. The largest absolute Gasteiger partial charge is 0.481 e. The van der Waals surface area contributed by atoms with Crippen LogP contribution in [0.5, 0.6) is 0 Å². The molecule has 2 N–H and O–H groups in total. The third-order valence-corrected chi connectivity index (χ3v) is 3.90. The number of anilines is 3. The average Bonchev–Trinajstić information content (AvgIpc) is 2.86. The third kappa shape index (κ3) is 4.19. The summed E-state index contributed by atoms with van der Waals surface area (Å²) in [4.78, 5) is 17.0. The average molecular weight is 305 g/mol. The Morgan fingerprint density at radius 1 is 1.43 bits per heavy atom. The molecule has 0 fully saturated rings. The first-order chi connectivity index (χ1) is 9.95. The summed E-state index contributed by atoms with van der Waals surface area (Å²) in [6.07, 6.45) is 0.572. The maximum absolute atomic E-state index is 10.6. The van der Waals surface area contributed by atoms with Crippen LogP contribution in [-0.2, 0) is 11.2 Å². The zero-order valence-corrected chi connectivity index (χ0v) is 13.2. The predicted octanol–water partition coefficient (Wildman–Crippen LogP) is 3.28. The Morgan fingerprint density at radius 3 is 2.86 bits per heavy atom. The molecule has 0 amide bonds. The number of thiazole rings is 1. The molecule has 2 aromatic rings. The van der Waals surface area contributed by atoms with Crippen LogP contribution < -0.4 is 10.2 Å². The molecule has 2 rings (SSSR count). The molecule has 0 aliphatic carbocycles. The molecule has 1 aromatic heterocycles. The van der Waals surface area contributed by atoms with E-state index >= 15 is 0 Å². The van der Waals surface area contributed by atoms with E-state index in [-0.39, 0.29) is 6.42 Å². The molecule has 0 unspecified atom stereocenters. The Balaban J connectivity index is 2.08. The zero-order chi connectivity index (χ0) is 15.4. The first-order valence-electron chi connectivity index (χ1n) is 6.67. The molecule has 0 spiro atoms. The van der Waals surface area contributed by atoms with E-state index in [0.29, 0.717) is 6.42 Å². The minimum atomic E-state index is -0.799. The van der Waals surface area contributed by atoms with E-state index in [2.05, 4.69) is 34.3 Å². The minimum Gasteiger partial charge on any atom is -0.481 e. The maximum atomic E-state index is 10.6. The van der Waals surface area contributed by atoms with Crippen LogP contribution in [0.4, 0.5) is 16.5 Å². The lowest BCUT2D eigenvalue weighted by molar-refractivity contribution is -0.136. The van der Waals surface area contributed by atoms with Gasteiger partial charge in [0.05, 0.1) is 12.1 Å². The van der Waals surface area contributed by atoms with Crippen LogP contribution in [0, 0.1) is 6.92 Å². The van der Waals surface area contributed by atoms with Gasteiger partial charge in [-0.15, -0.1) is 11.3 Å². The van der Waals surface area contributed by atoms with Crippen LogP contribution in [0.1, 0.15) is 17.7 Å². The number of nitrogens with one attached hydrogen (secondary N) is 1. The fourth-order valence-corrected chi connectivity index (χ4v) is 2.77. The number of aliphatic carboxylic acids is 1. The minimum absolute atomic E-state index is 0.110. The van der Waals surface area contributed by atoms with Crippen molar-refractivity contribution in [2.75, 3.05) is 24.3 Å². The fourth-order valence-electron chi connectivity index (χ4n) is 2.01. The van der Waals surface area contributed by atoms with Crippen molar-refractivity contribution in [2.24, 2.45) is 0 Å². The molecule has 0 bridgehead atoms. The summed E-state index contributed by atoms with van der Waals surface area (Å²) >= 11 is 1.49. The van der Waals surface area contributed by atoms with Crippen LogP contribution in [0.2, 0.25) is 0 Å². The summed E-state index contributed by atoms with van der Waals surface area (Å²) in [6.45, 7) is 2.08. The first-order valence-corrected chi connectivity index (χ1v) is 7.55. The third-order valence-electron chi connectivity index (χ3n) is 3.09. The lowest BCUT2D eigenvalue weighted by Gasteiger charge is -2.17. The van der Waals surface area contributed by atoms with Crippen molar-refractivity contribution in [2.45, 2.75) is 19.8 Å². The number of aryl methyl sites for hydroxylation is 2. The molecule has 112 valence electrons. The number of rotatable bonds is 6. The monoisotopic (exact) mass is 305 g/mol. The van der Waals surface area contributed by atoms with E-state index in [4.69, 9.17) is 5.11 Å². The maximum Gasteiger partial charge on any atom is 0.303 e. The summed E-state index contributed by atoms with van der Waals surface area (Å²) in [5, 5.41) is 14.6. The lowest BCUT2D eigenvalue weighted by atomic mass is 10.1. The molecule has 0 aliphatic rings. The second-order valence-corrected chi connectivity index (χ2v) is 5.92. The van der Waals surface area contributed by atoms with E-state index in [1.165, 1.54) is 16.9 Å². The SMILES string of the molecule is Cc1ccc(Nc2nc(CCC(=O)O)cs2)cc1N(C)C. The Morgan fingerprint density at radius 2 is 2.19 bits per heavy atom. The van der Waals surface area contributed by atoms with E-state index in [0.717, 1.165) is 22.2 Å². The molecular formula is C15H19N3O2S.